The lowest BCUT2D eigenvalue weighted by Crippen LogP contribution is -2.17. The molecule has 1 aromatic carbocycles. The van der Waals surface area contributed by atoms with Gasteiger partial charge in [0.1, 0.15) is 5.75 Å². The molecule has 0 aromatic heterocycles. The minimum Gasteiger partial charge on any atom is -0.507 e. The molecule has 0 saturated carbocycles. The highest BCUT2D eigenvalue weighted by molar-refractivity contribution is 7.99. The van der Waals surface area contributed by atoms with Crippen molar-refractivity contribution in [2.45, 2.75) is 11.3 Å². The van der Waals surface area contributed by atoms with Crippen molar-refractivity contribution >= 4 is 17.7 Å². The van der Waals surface area contributed by atoms with Gasteiger partial charge in [-0.3, -0.25) is 4.79 Å². The summed E-state index contributed by atoms with van der Waals surface area (Å²) >= 11 is 1.48. The average molecular weight is 211 g/mol. The standard InChI is InChI=1S/C10H13NO2S/c1-11-10(13)6-7-14-9-5-3-2-4-8(9)12/h2-5,12H,6-7H2,1H3,(H,11,13). The van der Waals surface area contributed by atoms with Crippen molar-refractivity contribution < 1.29 is 9.90 Å². The van der Waals surface area contributed by atoms with Crippen LogP contribution in [0.1, 0.15) is 6.42 Å². The smallest absolute Gasteiger partial charge is 0.220 e. The molecule has 0 spiro atoms. The number of phenols is 1. The highest BCUT2D eigenvalue weighted by Gasteiger charge is 2.02. The van der Waals surface area contributed by atoms with E-state index in [2.05, 4.69) is 5.32 Å². The van der Waals surface area contributed by atoms with E-state index in [9.17, 15) is 9.90 Å². The zero-order chi connectivity index (χ0) is 10.4. The van der Waals surface area contributed by atoms with E-state index in [0.717, 1.165) is 4.90 Å². The van der Waals surface area contributed by atoms with Crippen molar-refractivity contribution in [1.82, 2.24) is 5.32 Å². The lowest BCUT2D eigenvalue weighted by molar-refractivity contribution is -0.120. The molecule has 14 heavy (non-hydrogen) atoms. The molecule has 0 heterocycles. The Morgan fingerprint density at radius 1 is 1.50 bits per heavy atom. The summed E-state index contributed by atoms with van der Waals surface area (Å²) in [5, 5.41) is 12.0. The molecular formula is C10H13NO2S. The van der Waals surface area contributed by atoms with Gasteiger partial charge in [-0.1, -0.05) is 12.1 Å². The van der Waals surface area contributed by atoms with Crippen molar-refractivity contribution in [2.24, 2.45) is 0 Å². The van der Waals surface area contributed by atoms with Gasteiger partial charge in [0.05, 0.1) is 0 Å². The Morgan fingerprint density at radius 2 is 2.21 bits per heavy atom. The number of aromatic hydroxyl groups is 1. The first-order valence-corrected chi connectivity index (χ1v) is 5.34. The van der Waals surface area contributed by atoms with Gasteiger partial charge in [-0.25, -0.2) is 0 Å². The van der Waals surface area contributed by atoms with Crippen LogP contribution in [0.15, 0.2) is 29.2 Å². The van der Waals surface area contributed by atoms with Gasteiger partial charge in [0, 0.05) is 24.1 Å². The number of nitrogens with one attached hydrogen (secondary N) is 1. The first-order chi connectivity index (χ1) is 6.74. The number of rotatable bonds is 4. The summed E-state index contributed by atoms with van der Waals surface area (Å²) in [7, 11) is 1.62. The van der Waals surface area contributed by atoms with Crippen molar-refractivity contribution in [3.63, 3.8) is 0 Å². The number of hydrogen-bond donors (Lipinski definition) is 2. The fourth-order valence-corrected chi connectivity index (χ4v) is 1.86. The molecule has 0 fully saturated rings. The fraction of sp³-hybridized carbons (Fsp3) is 0.300. The Bertz CT molecular complexity index is 315. The van der Waals surface area contributed by atoms with Gasteiger partial charge in [-0.2, -0.15) is 0 Å². The zero-order valence-corrected chi connectivity index (χ0v) is 8.80. The maximum absolute atomic E-state index is 10.9. The number of thioether (sulfide) groups is 1. The van der Waals surface area contributed by atoms with Crippen LogP contribution in [-0.2, 0) is 4.79 Å². The molecule has 0 aliphatic rings. The van der Waals surface area contributed by atoms with Crippen molar-refractivity contribution in [2.75, 3.05) is 12.8 Å². The third kappa shape index (κ3) is 3.30. The fourth-order valence-electron chi connectivity index (χ4n) is 0.958. The van der Waals surface area contributed by atoms with E-state index < -0.39 is 0 Å². The van der Waals surface area contributed by atoms with Gasteiger partial charge >= 0.3 is 0 Å². The van der Waals surface area contributed by atoms with E-state index in [-0.39, 0.29) is 11.7 Å². The van der Waals surface area contributed by atoms with Gasteiger partial charge in [0.2, 0.25) is 5.91 Å². The quantitative estimate of drug-likeness (QED) is 0.744. The summed E-state index contributed by atoms with van der Waals surface area (Å²) < 4.78 is 0. The first kappa shape index (κ1) is 10.9. The van der Waals surface area contributed by atoms with E-state index >= 15 is 0 Å². The lowest BCUT2D eigenvalue weighted by atomic mass is 10.3. The Kier molecular flexibility index (Phi) is 4.32. The molecule has 4 heteroatoms. The minimum absolute atomic E-state index is 0.0212. The Labute approximate surface area is 87.5 Å². The molecule has 0 saturated heterocycles. The average Bonchev–Trinajstić information content (AvgIpc) is 2.20. The lowest BCUT2D eigenvalue weighted by Gasteiger charge is -2.02. The number of carbonyl (C=O) groups is 1. The highest BCUT2D eigenvalue weighted by Crippen LogP contribution is 2.27. The summed E-state index contributed by atoms with van der Waals surface area (Å²) in [5.41, 5.74) is 0. The van der Waals surface area contributed by atoms with Crippen LogP contribution < -0.4 is 5.32 Å². The molecule has 0 aliphatic carbocycles. The van der Waals surface area contributed by atoms with Crippen LogP contribution in [-0.4, -0.2) is 23.8 Å². The van der Waals surface area contributed by atoms with Crippen molar-refractivity contribution in [3.8, 4) is 5.75 Å². The van der Waals surface area contributed by atoms with Crippen molar-refractivity contribution in [1.29, 1.82) is 0 Å². The Hall–Kier alpha value is -1.16. The van der Waals surface area contributed by atoms with Gasteiger partial charge in [0.15, 0.2) is 0 Å². The molecule has 0 unspecified atom stereocenters. The third-order valence-electron chi connectivity index (χ3n) is 1.73. The molecule has 1 amide bonds. The van der Waals surface area contributed by atoms with Crippen molar-refractivity contribution in [3.05, 3.63) is 24.3 Å². The summed E-state index contributed by atoms with van der Waals surface area (Å²) in [6.45, 7) is 0. The molecule has 0 aliphatic heterocycles. The molecular weight excluding hydrogens is 198 g/mol. The molecule has 0 atom stereocenters. The number of phenolic OH excluding ortho intramolecular Hbond substituents is 1. The number of amides is 1. The highest BCUT2D eigenvalue weighted by atomic mass is 32.2. The number of carbonyl (C=O) groups excluding carboxylic acids is 1. The Morgan fingerprint density at radius 3 is 2.86 bits per heavy atom. The zero-order valence-electron chi connectivity index (χ0n) is 7.99. The second-order valence-electron chi connectivity index (χ2n) is 2.74. The predicted molar refractivity (Wildman–Crippen MR) is 57.5 cm³/mol. The van der Waals surface area contributed by atoms with Gasteiger partial charge in [-0.05, 0) is 12.1 Å². The van der Waals surface area contributed by atoms with Gasteiger partial charge in [0.25, 0.3) is 0 Å². The van der Waals surface area contributed by atoms with Crippen LogP contribution in [0.5, 0.6) is 5.75 Å². The van der Waals surface area contributed by atoms with E-state index in [4.69, 9.17) is 0 Å². The second kappa shape index (κ2) is 5.54. The van der Waals surface area contributed by atoms with E-state index in [1.165, 1.54) is 11.8 Å². The predicted octanol–water partition coefficient (Wildman–Crippen LogP) is 1.62. The third-order valence-corrected chi connectivity index (χ3v) is 2.80. The molecule has 2 N–H and O–H groups in total. The summed E-state index contributed by atoms with van der Waals surface area (Å²) in [6.07, 6.45) is 0.468. The molecule has 76 valence electrons. The number of hydrogen-bond acceptors (Lipinski definition) is 3. The topological polar surface area (TPSA) is 49.3 Å². The minimum atomic E-state index is 0.0212. The van der Waals surface area contributed by atoms with Gasteiger partial charge in [-0.15, -0.1) is 11.8 Å². The normalized spacial score (nSPS) is 9.79. The van der Waals surface area contributed by atoms with Gasteiger partial charge < -0.3 is 10.4 Å². The summed E-state index contributed by atoms with van der Waals surface area (Å²) in [6, 6.07) is 7.12. The maximum atomic E-state index is 10.9. The molecule has 3 nitrogen and oxygen atoms in total. The summed E-state index contributed by atoms with van der Waals surface area (Å²) in [4.78, 5) is 11.7. The molecule has 0 radical (unpaired) electrons. The Balaban J connectivity index is 2.39. The van der Waals surface area contributed by atoms with Crippen LogP contribution in [0.2, 0.25) is 0 Å². The summed E-state index contributed by atoms with van der Waals surface area (Å²) in [5.74, 6) is 0.972. The van der Waals surface area contributed by atoms with E-state index in [1.54, 1.807) is 19.2 Å². The number of para-hydroxylation sites is 1. The second-order valence-corrected chi connectivity index (χ2v) is 3.88. The maximum Gasteiger partial charge on any atom is 0.220 e. The van der Waals surface area contributed by atoms with Crippen LogP contribution in [0.4, 0.5) is 0 Å². The van der Waals surface area contributed by atoms with E-state index in [0.29, 0.717) is 12.2 Å². The SMILES string of the molecule is CNC(=O)CCSc1ccccc1O. The van der Waals surface area contributed by atoms with Crippen LogP contribution in [0, 0.1) is 0 Å². The van der Waals surface area contributed by atoms with Crippen LogP contribution in [0.3, 0.4) is 0 Å². The monoisotopic (exact) mass is 211 g/mol. The number of benzene rings is 1. The molecule has 0 bridgehead atoms. The molecule has 1 rings (SSSR count). The van der Waals surface area contributed by atoms with Crippen LogP contribution in [0.25, 0.3) is 0 Å². The van der Waals surface area contributed by atoms with Crippen LogP contribution >= 0.6 is 11.8 Å². The molecule has 1 aromatic rings. The largest absolute Gasteiger partial charge is 0.507 e. The first-order valence-electron chi connectivity index (χ1n) is 4.35. The van der Waals surface area contributed by atoms with E-state index in [1.807, 2.05) is 12.1 Å².